The molecule has 6 aromatic heterocycles. The number of aryl methyl sites for hydroxylation is 12. The molecule has 0 spiro atoms. The molecule has 6 heterocycles. The number of nitrogens with zero attached hydrogens (tertiary/aromatic N) is 12. The minimum Gasteiger partial charge on any atom is -0.400 e. The number of aromatic nitrogens is 12. The molecule has 0 atom stereocenters. The average Bonchev–Trinajstić information content (AvgIpc) is 3.74. The first-order valence-corrected chi connectivity index (χ1v) is 15.2. The van der Waals surface area contributed by atoms with Crippen LogP contribution in [0.15, 0.2) is 36.4 Å². The summed E-state index contributed by atoms with van der Waals surface area (Å²) in [6.45, 7) is 24.6. The van der Waals surface area contributed by atoms with Crippen LogP contribution in [-0.2, 0) is 0 Å². The van der Waals surface area contributed by atoms with Crippen LogP contribution < -0.4 is 0 Å². The molecular formula is C30H44B2N12Sm-2. The second-order valence-corrected chi connectivity index (χ2v) is 12.4. The van der Waals surface area contributed by atoms with Crippen molar-refractivity contribution >= 4 is 14.2 Å². The van der Waals surface area contributed by atoms with E-state index in [1.807, 2.05) is 41.5 Å². The minimum absolute atomic E-state index is 0. The maximum absolute atomic E-state index is 4.70. The van der Waals surface area contributed by atoms with E-state index in [1.165, 1.54) is 0 Å². The monoisotopic (exact) mass is 746 g/mol. The molecule has 0 unspecified atom stereocenters. The van der Waals surface area contributed by atoms with Crippen molar-refractivity contribution in [3.63, 3.8) is 0 Å². The molecular weight excluding hydrogens is 700 g/mol. The first kappa shape index (κ1) is 34.6. The summed E-state index contributed by atoms with van der Waals surface area (Å²) in [4.78, 5) is 0. The van der Waals surface area contributed by atoms with Crippen molar-refractivity contribution in [3.8, 4) is 0 Å². The molecule has 0 saturated carbocycles. The normalized spacial score (nSPS) is 11.3. The third kappa shape index (κ3) is 7.10. The Morgan fingerprint density at radius 2 is 0.444 bits per heavy atom. The van der Waals surface area contributed by atoms with Gasteiger partial charge in [0.1, 0.15) is 0 Å². The van der Waals surface area contributed by atoms with Crippen LogP contribution in [0, 0.1) is 123 Å². The zero-order chi connectivity index (χ0) is 32.0. The Balaban J connectivity index is 0.000000200. The predicted molar refractivity (Wildman–Crippen MR) is 177 cm³/mol. The van der Waals surface area contributed by atoms with Gasteiger partial charge in [-0.05, 0) is 154 Å². The molecule has 6 rings (SSSR count). The summed E-state index contributed by atoms with van der Waals surface area (Å²) in [5.41, 5.74) is 12.8. The molecule has 0 radical (unpaired) electrons. The van der Waals surface area contributed by atoms with Gasteiger partial charge in [-0.25, -0.2) is 30.6 Å². The third-order valence-electron chi connectivity index (χ3n) is 8.23. The smallest absolute Gasteiger partial charge is 0.326 e. The van der Waals surface area contributed by atoms with E-state index in [4.69, 9.17) is 30.6 Å². The molecule has 12 nitrogen and oxygen atoms in total. The van der Waals surface area contributed by atoms with E-state index in [2.05, 4.69) is 105 Å². The topological polar surface area (TPSA) is 107 Å². The summed E-state index contributed by atoms with van der Waals surface area (Å²) in [7, 11) is -2.52. The maximum atomic E-state index is 4.70. The summed E-state index contributed by atoms with van der Waals surface area (Å²) >= 11 is 0. The van der Waals surface area contributed by atoms with Crippen LogP contribution in [0.5, 0.6) is 0 Å². The Morgan fingerprint density at radius 3 is 0.533 bits per heavy atom. The van der Waals surface area contributed by atoms with E-state index in [9.17, 15) is 0 Å². The summed E-state index contributed by atoms with van der Waals surface area (Å²) in [5, 5.41) is 28.2. The standard InChI is InChI=1S/2C15H22BN6.Sm/c2*1-10-7-13(4)20(17-10)16(21-14(5)8-11(2)18-21)22-15(6)9-12(3)19-22;/h2*7-9,16H,1-6H3;/q2*-1;. The summed E-state index contributed by atoms with van der Waals surface area (Å²) in [6.07, 6.45) is 0. The van der Waals surface area contributed by atoms with Gasteiger partial charge in [0, 0.05) is 40.4 Å². The second-order valence-electron chi connectivity index (χ2n) is 12.4. The average molecular weight is 745 g/mol. The predicted octanol–water partition coefficient (Wildman–Crippen LogP) is 3.58. The number of rotatable bonds is 6. The first-order chi connectivity index (χ1) is 20.7. The van der Waals surface area contributed by atoms with Crippen LogP contribution in [0.1, 0.15) is 68.3 Å². The van der Waals surface area contributed by atoms with Gasteiger partial charge >= 0.3 is 14.2 Å². The fraction of sp³-hybridized carbons (Fsp3) is 0.400. The van der Waals surface area contributed by atoms with Crippen LogP contribution in [0.2, 0.25) is 0 Å². The number of hydrogen-bond donors (Lipinski definition) is 0. The van der Waals surface area contributed by atoms with Gasteiger partial charge < -0.3 is 27.6 Å². The van der Waals surface area contributed by atoms with E-state index in [0.29, 0.717) is 0 Å². The van der Waals surface area contributed by atoms with Crippen LogP contribution >= 0.6 is 0 Å². The van der Waals surface area contributed by atoms with Crippen molar-refractivity contribution in [2.75, 3.05) is 0 Å². The van der Waals surface area contributed by atoms with E-state index >= 15 is 0 Å². The molecule has 238 valence electrons. The van der Waals surface area contributed by atoms with Gasteiger partial charge in [-0.3, -0.25) is 0 Å². The van der Waals surface area contributed by atoms with Crippen molar-refractivity contribution < 1.29 is 40.4 Å². The fourth-order valence-electron chi connectivity index (χ4n) is 6.53. The molecule has 0 bridgehead atoms. The van der Waals surface area contributed by atoms with Crippen LogP contribution in [0.4, 0.5) is 0 Å². The van der Waals surface area contributed by atoms with Crippen molar-refractivity contribution in [1.29, 1.82) is 0 Å². The molecule has 0 aliphatic heterocycles. The van der Waals surface area contributed by atoms with Gasteiger partial charge in [0.15, 0.2) is 0 Å². The van der Waals surface area contributed by atoms with Gasteiger partial charge in [-0.2, -0.15) is 0 Å². The maximum Gasteiger partial charge on any atom is 0.326 e. The molecule has 6 aromatic rings. The zero-order valence-electron chi connectivity index (χ0n) is 28.7. The Bertz CT molecular complexity index is 1580. The molecule has 0 N–H and O–H groups in total. The summed E-state index contributed by atoms with van der Waals surface area (Å²) in [6, 6.07) is 12.6. The SMILES string of the molecule is Cc1cc(C)n([BH-](n2nc(C)cc2C)n2nc(C)cc2C)n1.Cc1cc(C)n([BH-](n2nc(C)cc2C)n2nc(C)cc2C)n1.[Sm]. The quantitative estimate of drug-likeness (QED) is 0.242. The molecule has 15 heteroatoms. The Kier molecular flexibility index (Phi) is 10.5. The van der Waals surface area contributed by atoms with Gasteiger partial charge in [-0.1, -0.05) is 0 Å². The van der Waals surface area contributed by atoms with E-state index in [-0.39, 0.29) is 40.4 Å². The van der Waals surface area contributed by atoms with Gasteiger partial charge in [0.05, 0.1) is 34.2 Å². The van der Waals surface area contributed by atoms with Crippen LogP contribution in [-0.4, -0.2) is 72.4 Å². The van der Waals surface area contributed by atoms with Gasteiger partial charge in [-0.15, -0.1) is 0 Å². The van der Waals surface area contributed by atoms with Crippen LogP contribution in [0.3, 0.4) is 0 Å². The van der Waals surface area contributed by atoms with Crippen molar-refractivity contribution in [2.45, 2.75) is 83.1 Å². The second kappa shape index (κ2) is 13.6. The first-order valence-electron chi connectivity index (χ1n) is 15.2. The van der Waals surface area contributed by atoms with Gasteiger partial charge in [0.25, 0.3) is 0 Å². The molecule has 0 aromatic carbocycles. The Hall–Kier alpha value is -3.27. The fourth-order valence-corrected chi connectivity index (χ4v) is 6.53. The molecule has 0 aliphatic carbocycles. The van der Waals surface area contributed by atoms with E-state index in [0.717, 1.165) is 68.3 Å². The van der Waals surface area contributed by atoms with E-state index < -0.39 is 14.2 Å². The van der Waals surface area contributed by atoms with E-state index in [1.54, 1.807) is 0 Å². The van der Waals surface area contributed by atoms with Gasteiger partial charge in [0.2, 0.25) is 0 Å². The van der Waals surface area contributed by atoms with Crippen molar-refractivity contribution in [2.24, 2.45) is 0 Å². The zero-order valence-corrected chi connectivity index (χ0v) is 31.3. The molecule has 0 fully saturated rings. The molecule has 0 amide bonds. The number of hydrogen-bond acceptors (Lipinski definition) is 6. The third-order valence-corrected chi connectivity index (χ3v) is 8.23. The minimum atomic E-state index is -1.26. The summed E-state index contributed by atoms with van der Waals surface area (Å²) < 4.78 is 12.4. The van der Waals surface area contributed by atoms with Crippen molar-refractivity contribution in [1.82, 2.24) is 58.1 Å². The molecule has 45 heavy (non-hydrogen) atoms. The van der Waals surface area contributed by atoms with Crippen LogP contribution in [0.25, 0.3) is 0 Å². The Morgan fingerprint density at radius 1 is 0.311 bits per heavy atom. The molecule has 0 aliphatic rings. The largest absolute Gasteiger partial charge is 0.400 e. The molecule has 0 saturated heterocycles. The Labute approximate surface area is 298 Å². The summed E-state index contributed by atoms with van der Waals surface area (Å²) in [5.74, 6) is 0. The van der Waals surface area contributed by atoms with Crippen molar-refractivity contribution in [3.05, 3.63) is 105 Å².